The number of nitrogens with zero attached hydrogens (tertiary/aromatic N) is 4. The predicted molar refractivity (Wildman–Crippen MR) is 145 cm³/mol. The van der Waals surface area contributed by atoms with Crippen molar-refractivity contribution in [2.45, 2.75) is 12.5 Å². The second-order valence-electron chi connectivity index (χ2n) is 9.00. The highest BCUT2D eigenvalue weighted by Crippen LogP contribution is 2.40. The zero-order valence-electron chi connectivity index (χ0n) is 20.9. The quantitative estimate of drug-likeness (QED) is 0.283. The maximum atomic E-state index is 13.9. The van der Waals surface area contributed by atoms with Crippen LogP contribution in [0.3, 0.4) is 0 Å². The van der Waals surface area contributed by atoms with Crippen molar-refractivity contribution >= 4 is 44.2 Å². The highest BCUT2D eigenvalue weighted by molar-refractivity contribution is 7.92. The number of nitrogens with one attached hydrogen (secondary N) is 1. The van der Waals surface area contributed by atoms with Crippen LogP contribution in [0, 0.1) is 11.6 Å². The second kappa shape index (κ2) is 10.8. The average Bonchev–Trinajstić information content (AvgIpc) is 3.13. The second-order valence-corrected chi connectivity index (χ2v) is 11.2. The molecule has 2 aromatic heterocycles. The monoisotopic (exact) mass is 564 g/mol. The largest absolute Gasteiger partial charge is 0.395 e. The number of benzene rings is 2. The minimum absolute atomic E-state index is 0.0743. The molecule has 1 unspecified atom stereocenters. The van der Waals surface area contributed by atoms with Gasteiger partial charge < -0.3 is 15.7 Å². The number of anilines is 2. The Labute approximate surface area is 223 Å². The van der Waals surface area contributed by atoms with E-state index in [0.29, 0.717) is 45.6 Å². The van der Waals surface area contributed by atoms with Crippen LogP contribution in [-0.4, -0.2) is 54.7 Å². The molecule has 1 atom stereocenters. The normalized spacial score (nSPS) is 12.6. The molecular formula is C25H27ClF2N6O3S. The van der Waals surface area contributed by atoms with Crippen molar-refractivity contribution in [2.75, 3.05) is 36.1 Å². The Balaban J connectivity index is 1.91. The van der Waals surface area contributed by atoms with Gasteiger partial charge in [0, 0.05) is 37.8 Å². The topological polar surface area (TPSA) is 126 Å². The van der Waals surface area contributed by atoms with Crippen LogP contribution >= 0.6 is 11.6 Å². The number of pyridine rings is 1. The van der Waals surface area contributed by atoms with Crippen LogP contribution in [0.25, 0.3) is 22.0 Å². The van der Waals surface area contributed by atoms with Crippen molar-refractivity contribution in [3.63, 3.8) is 0 Å². The number of aryl methyl sites for hydroxylation is 1. The highest BCUT2D eigenvalue weighted by atomic mass is 35.5. The van der Waals surface area contributed by atoms with E-state index in [4.69, 9.17) is 22.3 Å². The van der Waals surface area contributed by atoms with Gasteiger partial charge in [-0.05, 0) is 42.3 Å². The third-order valence-corrected chi connectivity index (χ3v) is 6.85. The van der Waals surface area contributed by atoms with E-state index in [9.17, 15) is 22.3 Å². The van der Waals surface area contributed by atoms with E-state index in [1.165, 1.54) is 16.8 Å². The molecule has 38 heavy (non-hydrogen) atoms. The number of sulfonamides is 1. The van der Waals surface area contributed by atoms with Crippen LogP contribution in [0.2, 0.25) is 5.02 Å². The summed E-state index contributed by atoms with van der Waals surface area (Å²) in [5, 5.41) is 14.4. The van der Waals surface area contributed by atoms with Crippen LogP contribution < -0.4 is 15.4 Å². The summed E-state index contributed by atoms with van der Waals surface area (Å²) >= 11 is 6.47. The molecule has 0 amide bonds. The summed E-state index contributed by atoms with van der Waals surface area (Å²) in [6, 6.07) is 9.39. The lowest BCUT2D eigenvalue weighted by Gasteiger charge is -2.22. The summed E-state index contributed by atoms with van der Waals surface area (Å²) in [6.45, 7) is 0.233. The molecule has 0 saturated carbocycles. The molecule has 0 spiro atoms. The molecule has 0 fully saturated rings. The third-order valence-electron chi connectivity index (χ3n) is 5.98. The van der Waals surface area contributed by atoms with Gasteiger partial charge in [0.1, 0.15) is 17.5 Å². The molecule has 202 valence electrons. The molecule has 0 aliphatic rings. The van der Waals surface area contributed by atoms with Gasteiger partial charge in [-0.2, -0.15) is 5.10 Å². The fourth-order valence-electron chi connectivity index (χ4n) is 4.37. The van der Waals surface area contributed by atoms with E-state index in [-0.39, 0.29) is 23.9 Å². The van der Waals surface area contributed by atoms with Crippen molar-refractivity contribution in [3.05, 3.63) is 70.4 Å². The Hall–Kier alpha value is -3.32. The first kappa shape index (κ1) is 27.7. The van der Waals surface area contributed by atoms with Gasteiger partial charge in [0.25, 0.3) is 0 Å². The minimum atomic E-state index is -3.64. The fourth-order valence-corrected chi connectivity index (χ4v) is 5.11. The van der Waals surface area contributed by atoms with Crippen molar-refractivity contribution < 1.29 is 22.3 Å². The van der Waals surface area contributed by atoms with Crippen LogP contribution in [0.15, 0.2) is 42.5 Å². The van der Waals surface area contributed by atoms with Gasteiger partial charge >= 0.3 is 0 Å². The van der Waals surface area contributed by atoms with Gasteiger partial charge in [-0.25, -0.2) is 22.2 Å². The molecule has 4 N–H and O–H groups in total. The lowest BCUT2D eigenvalue weighted by molar-refractivity contribution is 0.304. The van der Waals surface area contributed by atoms with E-state index >= 15 is 0 Å². The van der Waals surface area contributed by atoms with Crippen LogP contribution in [-0.2, 0) is 23.5 Å². The van der Waals surface area contributed by atoms with E-state index in [1.54, 1.807) is 43.3 Å². The van der Waals surface area contributed by atoms with Gasteiger partial charge in [-0.3, -0.25) is 9.40 Å². The predicted octanol–water partition coefficient (Wildman–Crippen LogP) is 3.61. The zero-order chi connectivity index (χ0) is 27.8. The van der Waals surface area contributed by atoms with Gasteiger partial charge in [0.2, 0.25) is 10.0 Å². The summed E-state index contributed by atoms with van der Waals surface area (Å²) < 4.78 is 55.5. The summed E-state index contributed by atoms with van der Waals surface area (Å²) in [6.07, 6.45) is 1.11. The van der Waals surface area contributed by atoms with E-state index in [1.807, 2.05) is 0 Å². The Morgan fingerprint density at radius 1 is 1.16 bits per heavy atom. The standard InChI is InChI=1S/C25H27ClF2N6O3S/c1-33(8-9-35)21-7-5-17(23(30-21)20(29)12-14-10-15(27)13-16(28)11-14)18-4-6-19(26)22-24(18)34(2)31-25(22)32-38(3,36)37/h4-7,10-11,13,20,35H,8-9,12,29H2,1-3H3,(H,31,32). The first-order valence-electron chi connectivity index (χ1n) is 11.5. The molecule has 0 aliphatic heterocycles. The van der Waals surface area contributed by atoms with Crippen molar-refractivity contribution in [1.29, 1.82) is 0 Å². The average molecular weight is 565 g/mol. The molecule has 0 bridgehead atoms. The molecule has 9 nitrogen and oxygen atoms in total. The third kappa shape index (κ3) is 5.88. The molecule has 2 heterocycles. The number of likely N-dealkylation sites (N-methyl/N-ethyl adjacent to an activating group) is 1. The molecule has 2 aromatic carbocycles. The van der Waals surface area contributed by atoms with Crippen LogP contribution in [0.4, 0.5) is 20.4 Å². The number of fused-ring (bicyclic) bond motifs is 1. The molecule has 13 heteroatoms. The number of nitrogens with two attached hydrogens (primary N) is 1. The maximum Gasteiger partial charge on any atom is 0.231 e. The van der Waals surface area contributed by atoms with Gasteiger partial charge in [0.15, 0.2) is 5.82 Å². The summed E-state index contributed by atoms with van der Waals surface area (Å²) in [7, 11) is -0.219. The lowest BCUT2D eigenvalue weighted by Crippen LogP contribution is -2.24. The highest BCUT2D eigenvalue weighted by Gasteiger charge is 2.23. The molecule has 0 saturated heterocycles. The van der Waals surface area contributed by atoms with Crippen LogP contribution in [0.1, 0.15) is 17.3 Å². The molecule has 0 aliphatic carbocycles. The molecule has 4 rings (SSSR count). The SMILES string of the molecule is CN(CCO)c1ccc(-c2ccc(Cl)c3c(NS(C)(=O)=O)nn(C)c23)c(C(N)Cc2cc(F)cc(F)c2)n1. The van der Waals surface area contributed by atoms with Crippen LogP contribution in [0.5, 0.6) is 0 Å². The number of aliphatic hydroxyl groups excluding tert-OH is 1. The van der Waals surface area contributed by atoms with E-state index in [0.717, 1.165) is 12.3 Å². The lowest BCUT2D eigenvalue weighted by atomic mass is 9.94. The van der Waals surface area contributed by atoms with Gasteiger partial charge in [0.05, 0.1) is 40.5 Å². The molecular weight excluding hydrogens is 538 g/mol. The van der Waals surface area contributed by atoms with Gasteiger partial charge in [-0.15, -0.1) is 0 Å². The first-order chi connectivity index (χ1) is 17.9. The molecule has 4 aromatic rings. The smallest absolute Gasteiger partial charge is 0.231 e. The summed E-state index contributed by atoms with van der Waals surface area (Å²) in [5.74, 6) is -0.812. The number of halogens is 3. The molecule has 0 radical (unpaired) electrons. The fraction of sp³-hybridized carbons (Fsp3) is 0.280. The van der Waals surface area contributed by atoms with Crippen molar-refractivity contribution in [2.24, 2.45) is 12.8 Å². The van der Waals surface area contributed by atoms with Crippen molar-refractivity contribution in [1.82, 2.24) is 14.8 Å². The first-order valence-corrected chi connectivity index (χ1v) is 13.8. The summed E-state index contributed by atoms with van der Waals surface area (Å²) in [5.41, 5.74) is 9.15. The van der Waals surface area contributed by atoms with E-state index < -0.39 is 27.7 Å². The zero-order valence-corrected chi connectivity index (χ0v) is 22.5. The summed E-state index contributed by atoms with van der Waals surface area (Å²) in [4.78, 5) is 6.51. The minimum Gasteiger partial charge on any atom is -0.395 e. The number of hydrogen-bond donors (Lipinski definition) is 3. The number of aromatic nitrogens is 3. The number of rotatable bonds is 9. The Bertz CT molecular complexity index is 1590. The maximum absolute atomic E-state index is 13.9. The number of aliphatic hydroxyl groups is 1. The number of hydrogen-bond acceptors (Lipinski definition) is 7. The van der Waals surface area contributed by atoms with Crippen molar-refractivity contribution in [3.8, 4) is 11.1 Å². The Morgan fingerprint density at radius 2 is 1.82 bits per heavy atom. The Morgan fingerprint density at radius 3 is 2.45 bits per heavy atom. The van der Waals surface area contributed by atoms with E-state index in [2.05, 4.69) is 9.82 Å². The van der Waals surface area contributed by atoms with Gasteiger partial charge in [-0.1, -0.05) is 17.7 Å². The Kier molecular flexibility index (Phi) is 7.88.